The quantitative estimate of drug-likeness (QED) is 0.678. The van der Waals surface area contributed by atoms with Crippen molar-refractivity contribution >= 4 is 5.91 Å². The van der Waals surface area contributed by atoms with Crippen molar-refractivity contribution in [1.29, 1.82) is 0 Å². The monoisotopic (exact) mass is 354 g/mol. The summed E-state index contributed by atoms with van der Waals surface area (Å²) in [5.74, 6) is 0.920. The minimum Gasteiger partial charge on any atom is -0.357 e. The van der Waals surface area contributed by atoms with Crippen LogP contribution in [0.15, 0.2) is 43.1 Å². The SMILES string of the molecule is CCn1ccnc1CN1C[C@@H](NC(=O)c2ccc[nH]2)[C@@H](n2ccnn2)C1. The highest BCUT2D eigenvalue weighted by Crippen LogP contribution is 2.23. The van der Waals surface area contributed by atoms with Gasteiger partial charge in [-0.2, -0.15) is 0 Å². The Kier molecular flexibility index (Phi) is 4.53. The van der Waals surface area contributed by atoms with E-state index in [4.69, 9.17) is 0 Å². The molecule has 0 aromatic carbocycles. The van der Waals surface area contributed by atoms with Gasteiger partial charge in [-0.15, -0.1) is 5.10 Å². The summed E-state index contributed by atoms with van der Waals surface area (Å²) in [4.78, 5) is 22.2. The molecule has 26 heavy (non-hydrogen) atoms. The molecule has 9 nitrogen and oxygen atoms in total. The third-order valence-corrected chi connectivity index (χ3v) is 4.81. The van der Waals surface area contributed by atoms with Crippen molar-refractivity contribution in [1.82, 2.24) is 39.7 Å². The largest absolute Gasteiger partial charge is 0.357 e. The Morgan fingerprint density at radius 2 is 2.27 bits per heavy atom. The average molecular weight is 354 g/mol. The number of hydrogen-bond donors (Lipinski definition) is 2. The van der Waals surface area contributed by atoms with Crippen LogP contribution < -0.4 is 5.32 Å². The molecule has 1 aliphatic rings. The number of carbonyl (C=O) groups excluding carboxylic acids is 1. The highest BCUT2D eigenvalue weighted by atomic mass is 16.2. The molecule has 0 aliphatic carbocycles. The second-order valence-electron chi connectivity index (χ2n) is 6.44. The van der Waals surface area contributed by atoms with Gasteiger partial charge in [-0.1, -0.05) is 5.21 Å². The van der Waals surface area contributed by atoms with Crippen molar-refractivity contribution < 1.29 is 4.79 Å². The van der Waals surface area contributed by atoms with E-state index in [2.05, 4.69) is 42.0 Å². The maximum atomic E-state index is 12.5. The van der Waals surface area contributed by atoms with Gasteiger partial charge in [0.2, 0.25) is 0 Å². The topological polar surface area (TPSA) is 96.7 Å². The average Bonchev–Trinajstić information content (AvgIpc) is 3.43. The third kappa shape index (κ3) is 3.25. The molecule has 2 N–H and O–H groups in total. The molecule has 4 heterocycles. The number of aromatic nitrogens is 6. The van der Waals surface area contributed by atoms with Gasteiger partial charge in [-0.05, 0) is 19.1 Å². The van der Waals surface area contributed by atoms with Crippen LogP contribution in [-0.2, 0) is 13.1 Å². The van der Waals surface area contributed by atoms with Crippen molar-refractivity contribution in [3.05, 3.63) is 54.6 Å². The maximum absolute atomic E-state index is 12.5. The molecule has 3 aromatic heterocycles. The number of aromatic amines is 1. The molecule has 0 saturated carbocycles. The van der Waals surface area contributed by atoms with Crippen molar-refractivity contribution in [2.24, 2.45) is 0 Å². The Labute approximate surface area is 151 Å². The van der Waals surface area contributed by atoms with E-state index in [9.17, 15) is 4.79 Å². The fraction of sp³-hybridized carbons (Fsp3) is 0.412. The summed E-state index contributed by atoms with van der Waals surface area (Å²) in [6.07, 6.45) is 9.07. The fourth-order valence-electron chi connectivity index (χ4n) is 3.50. The summed E-state index contributed by atoms with van der Waals surface area (Å²) >= 11 is 0. The fourth-order valence-corrected chi connectivity index (χ4v) is 3.50. The molecular formula is C17H22N8O. The van der Waals surface area contributed by atoms with Crippen LogP contribution in [-0.4, -0.2) is 59.5 Å². The Hall–Kier alpha value is -2.94. The second kappa shape index (κ2) is 7.12. The minimum absolute atomic E-state index is 0.0291. The molecule has 1 fully saturated rings. The molecular weight excluding hydrogens is 332 g/mol. The van der Waals surface area contributed by atoms with Crippen molar-refractivity contribution in [2.45, 2.75) is 32.1 Å². The summed E-state index contributed by atoms with van der Waals surface area (Å²) in [6.45, 7) is 5.24. The lowest BCUT2D eigenvalue weighted by Crippen LogP contribution is -2.41. The summed E-state index contributed by atoms with van der Waals surface area (Å²) in [7, 11) is 0. The van der Waals surface area contributed by atoms with Crippen LogP contribution in [0.4, 0.5) is 0 Å². The molecule has 0 bridgehead atoms. The van der Waals surface area contributed by atoms with Gasteiger partial charge in [0.1, 0.15) is 11.5 Å². The number of rotatable bonds is 6. The summed E-state index contributed by atoms with van der Waals surface area (Å²) in [5, 5.41) is 11.2. The van der Waals surface area contributed by atoms with Crippen LogP contribution in [0, 0.1) is 0 Å². The van der Waals surface area contributed by atoms with Crippen LogP contribution in [0.2, 0.25) is 0 Å². The number of carbonyl (C=O) groups is 1. The van der Waals surface area contributed by atoms with Gasteiger partial charge in [0.15, 0.2) is 0 Å². The molecule has 0 radical (unpaired) electrons. The van der Waals surface area contributed by atoms with Crippen LogP contribution >= 0.6 is 0 Å². The first-order valence-electron chi connectivity index (χ1n) is 8.77. The van der Waals surface area contributed by atoms with E-state index in [0.29, 0.717) is 5.69 Å². The maximum Gasteiger partial charge on any atom is 0.268 e. The van der Waals surface area contributed by atoms with E-state index in [0.717, 1.165) is 32.0 Å². The minimum atomic E-state index is -0.109. The van der Waals surface area contributed by atoms with Gasteiger partial charge < -0.3 is 14.9 Å². The third-order valence-electron chi connectivity index (χ3n) is 4.81. The van der Waals surface area contributed by atoms with Gasteiger partial charge in [0.25, 0.3) is 5.91 Å². The molecule has 0 unspecified atom stereocenters. The Balaban J connectivity index is 1.50. The number of aryl methyl sites for hydroxylation is 1. The summed E-state index contributed by atoms with van der Waals surface area (Å²) in [6, 6.07) is 3.55. The van der Waals surface area contributed by atoms with E-state index >= 15 is 0 Å². The van der Waals surface area contributed by atoms with Crippen LogP contribution in [0.3, 0.4) is 0 Å². The first-order chi connectivity index (χ1) is 12.7. The lowest BCUT2D eigenvalue weighted by Gasteiger charge is -2.19. The van der Waals surface area contributed by atoms with E-state index < -0.39 is 0 Å². The number of likely N-dealkylation sites (tertiary alicyclic amines) is 1. The first-order valence-corrected chi connectivity index (χ1v) is 8.77. The molecule has 1 saturated heterocycles. The van der Waals surface area contributed by atoms with E-state index in [-0.39, 0.29) is 18.0 Å². The van der Waals surface area contributed by atoms with Gasteiger partial charge in [-0.3, -0.25) is 9.69 Å². The molecule has 9 heteroatoms. The van der Waals surface area contributed by atoms with Crippen LogP contribution in [0.5, 0.6) is 0 Å². The number of nitrogens with zero attached hydrogens (tertiary/aromatic N) is 6. The van der Waals surface area contributed by atoms with Crippen molar-refractivity contribution in [3.8, 4) is 0 Å². The number of imidazole rings is 1. The zero-order valence-electron chi connectivity index (χ0n) is 14.6. The number of nitrogens with one attached hydrogen (secondary N) is 2. The van der Waals surface area contributed by atoms with E-state index in [1.807, 2.05) is 29.3 Å². The summed E-state index contributed by atoms with van der Waals surface area (Å²) < 4.78 is 3.96. The van der Waals surface area contributed by atoms with Crippen LogP contribution in [0.25, 0.3) is 0 Å². The standard InChI is InChI=1S/C17H22N8O/c1-2-24-8-6-19-16(24)12-23-10-14(15(11-23)25-9-7-20-22-25)21-17(26)13-4-3-5-18-13/h3-9,14-15,18H,2,10-12H2,1H3,(H,21,26)/t14-,15+/m1/s1. The molecule has 1 aliphatic heterocycles. The first kappa shape index (κ1) is 16.5. The number of hydrogen-bond acceptors (Lipinski definition) is 5. The van der Waals surface area contributed by atoms with Crippen molar-refractivity contribution in [3.63, 3.8) is 0 Å². The molecule has 2 atom stereocenters. The number of amides is 1. The molecule has 1 amide bonds. The van der Waals surface area contributed by atoms with Crippen molar-refractivity contribution in [2.75, 3.05) is 13.1 Å². The second-order valence-corrected chi connectivity index (χ2v) is 6.44. The van der Waals surface area contributed by atoms with E-state index in [1.165, 1.54) is 0 Å². The smallest absolute Gasteiger partial charge is 0.268 e. The van der Waals surface area contributed by atoms with Gasteiger partial charge in [0, 0.05) is 44.4 Å². The molecule has 136 valence electrons. The zero-order chi connectivity index (χ0) is 17.9. The molecule has 0 spiro atoms. The molecule has 4 rings (SSSR count). The Morgan fingerprint density at radius 1 is 1.35 bits per heavy atom. The summed E-state index contributed by atoms with van der Waals surface area (Å²) in [5.41, 5.74) is 0.558. The Morgan fingerprint density at radius 3 is 3.00 bits per heavy atom. The van der Waals surface area contributed by atoms with Gasteiger partial charge in [0.05, 0.1) is 24.8 Å². The molecule has 3 aromatic rings. The highest BCUT2D eigenvalue weighted by Gasteiger charge is 2.36. The number of H-pyrrole nitrogens is 1. The van der Waals surface area contributed by atoms with Crippen LogP contribution in [0.1, 0.15) is 29.3 Å². The lowest BCUT2D eigenvalue weighted by molar-refractivity contribution is 0.0925. The van der Waals surface area contributed by atoms with Gasteiger partial charge in [-0.25, -0.2) is 9.67 Å². The Bertz CT molecular complexity index is 838. The normalized spacial score (nSPS) is 20.5. The zero-order valence-corrected chi connectivity index (χ0v) is 14.6. The van der Waals surface area contributed by atoms with Gasteiger partial charge >= 0.3 is 0 Å². The predicted molar refractivity (Wildman–Crippen MR) is 94.3 cm³/mol. The lowest BCUT2D eigenvalue weighted by atomic mass is 10.1. The van der Waals surface area contributed by atoms with E-state index in [1.54, 1.807) is 18.5 Å². The highest BCUT2D eigenvalue weighted by molar-refractivity contribution is 5.92. The predicted octanol–water partition coefficient (Wildman–Crippen LogP) is 0.678.